The van der Waals surface area contributed by atoms with Crippen molar-refractivity contribution < 1.29 is 0 Å². The average molecular weight is 206 g/mol. The molecule has 0 amide bonds. The Hall–Kier alpha value is -1.53. The molecule has 2 aromatic heterocycles. The van der Waals surface area contributed by atoms with Crippen molar-refractivity contribution in [1.82, 2.24) is 31.0 Å². The van der Waals surface area contributed by atoms with Gasteiger partial charge in [0.1, 0.15) is 5.52 Å². The van der Waals surface area contributed by atoms with Crippen LogP contribution in [0.2, 0.25) is 0 Å². The third-order valence-corrected chi connectivity index (χ3v) is 2.10. The van der Waals surface area contributed by atoms with Crippen molar-refractivity contribution in [1.29, 1.82) is 0 Å². The van der Waals surface area contributed by atoms with Crippen LogP contribution in [-0.2, 0) is 0 Å². The maximum absolute atomic E-state index is 3.75. The number of hydrogen-bond donors (Lipinski definition) is 3. The summed E-state index contributed by atoms with van der Waals surface area (Å²) >= 11 is 0. The van der Waals surface area contributed by atoms with Crippen LogP contribution in [0.3, 0.4) is 0 Å². The summed E-state index contributed by atoms with van der Waals surface area (Å²) in [6.07, 6.45) is 3.45. The summed E-state index contributed by atoms with van der Waals surface area (Å²) in [7, 11) is 0. The maximum atomic E-state index is 3.75. The first-order valence-electron chi connectivity index (χ1n) is 5.00. The van der Waals surface area contributed by atoms with Crippen LogP contribution in [0.1, 0.15) is 0 Å². The molecule has 1 fully saturated rings. The molecule has 1 saturated heterocycles. The van der Waals surface area contributed by atoms with Crippen molar-refractivity contribution in [3.63, 3.8) is 0 Å². The van der Waals surface area contributed by atoms with Gasteiger partial charge in [-0.1, -0.05) is 0 Å². The predicted octanol–water partition coefficient (Wildman–Crippen LogP) is -0.468. The molecule has 0 spiro atoms. The number of fused-ring (bicyclic) bond motifs is 1. The summed E-state index contributed by atoms with van der Waals surface area (Å²) in [5.74, 6) is 0. The van der Waals surface area contributed by atoms with Crippen LogP contribution < -0.4 is 10.6 Å². The SMILES string of the molecule is C1CNCCN1.c1cc2nnncc2[nH]1. The zero-order chi connectivity index (χ0) is 10.3. The quantitative estimate of drug-likeness (QED) is 0.543. The lowest BCUT2D eigenvalue weighted by Crippen LogP contribution is -2.39. The maximum Gasteiger partial charge on any atom is 0.114 e. The summed E-state index contributed by atoms with van der Waals surface area (Å²) in [5.41, 5.74) is 1.77. The highest BCUT2D eigenvalue weighted by Crippen LogP contribution is 2.02. The van der Waals surface area contributed by atoms with Crippen molar-refractivity contribution in [2.24, 2.45) is 0 Å². The molecule has 15 heavy (non-hydrogen) atoms. The Kier molecular flexibility index (Phi) is 3.58. The van der Waals surface area contributed by atoms with Crippen LogP contribution in [0.4, 0.5) is 0 Å². The zero-order valence-electron chi connectivity index (χ0n) is 8.40. The van der Waals surface area contributed by atoms with E-state index in [1.54, 1.807) is 12.4 Å². The second-order valence-electron chi connectivity index (χ2n) is 3.21. The van der Waals surface area contributed by atoms with Gasteiger partial charge in [-0.3, -0.25) is 0 Å². The molecule has 6 heteroatoms. The zero-order valence-corrected chi connectivity index (χ0v) is 8.40. The fourth-order valence-electron chi connectivity index (χ4n) is 1.33. The molecule has 1 aliphatic heterocycles. The lowest BCUT2D eigenvalue weighted by atomic mass is 10.4. The molecule has 3 heterocycles. The number of hydrogen-bond acceptors (Lipinski definition) is 5. The molecular formula is C9H14N6. The molecule has 80 valence electrons. The highest BCUT2D eigenvalue weighted by Gasteiger charge is 1.91. The second kappa shape index (κ2) is 5.38. The number of rotatable bonds is 0. The highest BCUT2D eigenvalue weighted by molar-refractivity contribution is 5.72. The third-order valence-electron chi connectivity index (χ3n) is 2.10. The summed E-state index contributed by atoms with van der Waals surface area (Å²) < 4.78 is 0. The summed E-state index contributed by atoms with van der Waals surface area (Å²) in [6.45, 7) is 4.56. The Bertz CT molecular complexity index is 352. The Morgan fingerprint density at radius 3 is 2.40 bits per heavy atom. The monoisotopic (exact) mass is 206 g/mol. The van der Waals surface area contributed by atoms with Crippen LogP contribution in [0.25, 0.3) is 11.0 Å². The van der Waals surface area contributed by atoms with E-state index in [9.17, 15) is 0 Å². The summed E-state index contributed by atoms with van der Waals surface area (Å²) in [5, 5.41) is 17.3. The van der Waals surface area contributed by atoms with Crippen molar-refractivity contribution in [3.05, 3.63) is 18.5 Å². The molecule has 0 unspecified atom stereocenters. The molecule has 0 radical (unpaired) electrons. The molecule has 6 nitrogen and oxygen atoms in total. The Labute approximate surface area is 87.5 Å². The number of nitrogens with zero attached hydrogens (tertiary/aromatic N) is 3. The van der Waals surface area contributed by atoms with Crippen LogP contribution in [0, 0.1) is 0 Å². The van der Waals surface area contributed by atoms with E-state index in [0.29, 0.717) is 0 Å². The van der Waals surface area contributed by atoms with Gasteiger partial charge in [0, 0.05) is 32.4 Å². The van der Waals surface area contributed by atoms with Gasteiger partial charge in [0.15, 0.2) is 0 Å². The van der Waals surface area contributed by atoms with Gasteiger partial charge in [0.25, 0.3) is 0 Å². The van der Waals surface area contributed by atoms with Crippen LogP contribution in [0.15, 0.2) is 18.5 Å². The molecule has 0 saturated carbocycles. The van der Waals surface area contributed by atoms with E-state index in [4.69, 9.17) is 0 Å². The molecule has 2 aromatic rings. The first-order chi connectivity index (χ1) is 7.47. The number of H-pyrrole nitrogens is 1. The van der Waals surface area contributed by atoms with Crippen molar-refractivity contribution in [3.8, 4) is 0 Å². The smallest absolute Gasteiger partial charge is 0.114 e. The minimum atomic E-state index is 0.852. The highest BCUT2D eigenvalue weighted by atomic mass is 15.3. The van der Waals surface area contributed by atoms with Gasteiger partial charge in [0.2, 0.25) is 0 Å². The van der Waals surface area contributed by atoms with E-state index in [0.717, 1.165) is 37.2 Å². The Morgan fingerprint density at radius 2 is 1.80 bits per heavy atom. The number of nitrogens with one attached hydrogen (secondary N) is 3. The van der Waals surface area contributed by atoms with Crippen molar-refractivity contribution in [2.45, 2.75) is 0 Å². The van der Waals surface area contributed by atoms with Gasteiger partial charge >= 0.3 is 0 Å². The van der Waals surface area contributed by atoms with Crippen molar-refractivity contribution in [2.75, 3.05) is 26.2 Å². The Morgan fingerprint density at radius 1 is 1.07 bits per heavy atom. The van der Waals surface area contributed by atoms with Gasteiger partial charge in [-0.2, -0.15) is 0 Å². The molecule has 3 rings (SSSR count). The van der Waals surface area contributed by atoms with E-state index in [-0.39, 0.29) is 0 Å². The molecule has 1 aliphatic rings. The summed E-state index contributed by atoms with van der Waals surface area (Å²) in [6, 6.07) is 1.85. The van der Waals surface area contributed by atoms with Gasteiger partial charge in [-0.05, 0) is 11.3 Å². The second-order valence-corrected chi connectivity index (χ2v) is 3.21. The first kappa shape index (κ1) is 10.0. The first-order valence-corrected chi connectivity index (χ1v) is 5.00. The minimum absolute atomic E-state index is 0.852. The molecule has 3 N–H and O–H groups in total. The van der Waals surface area contributed by atoms with Gasteiger partial charge in [-0.25, -0.2) is 0 Å². The number of aromatic nitrogens is 4. The van der Waals surface area contributed by atoms with Gasteiger partial charge in [0.05, 0.1) is 11.7 Å². The molecule has 0 aliphatic carbocycles. The molecule has 0 aromatic carbocycles. The lowest BCUT2D eigenvalue weighted by Gasteiger charge is -2.11. The largest absolute Gasteiger partial charge is 0.358 e. The fraction of sp³-hybridized carbons (Fsp3) is 0.444. The van der Waals surface area contributed by atoms with Crippen LogP contribution in [-0.4, -0.2) is 46.6 Å². The van der Waals surface area contributed by atoms with Crippen LogP contribution in [0.5, 0.6) is 0 Å². The Balaban J connectivity index is 0.000000124. The number of piperazine rings is 1. The molecule has 0 atom stereocenters. The summed E-state index contributed by atoms with van der Waals surface area (Å²) in [4.78, 5) is 2.95. The fourth-order valence-corrected chi connectivity index (χ4v) is 1.33. The predicted molar refractivity (Wildman–Crippen MR) is 57.4 cm³/mol. The van der Waals surface area contributed by atoms with Gasteiger partial charge < -0.3 is 15.6 Å². The lowest BCUT2D eigenvalue weighted by molar-refractivity contribution is 0.534. The average Bonchev–Trinajstić information content (AvgIpc) is 2.80. The standard InChI is InChI=1S/C5H4N4.C4H10N2/c1-2-6-5-3-7-9-8-4(1)5;1-2-6-4-3-5-1/h1-3,6H;5-6H,1-4H2. The molecule has 0 bridgehead atoms. The van der Waals surface area contributed by atoms with E-state index in [1.807, 2.05) is 6.07 Å². The van der Waals surface area contributed by atoms with E-state index >= 15 is 0 Å². The van der Waals surface area contributed by atoms with Gasteiger partial charge in [-0.15, -0.1) is 10.2 Å². The third kappa shape index (κ3) is 2.97. The van der Waals surface area contributed by atoms with Crippen LogP contribution >= 0.6 is 0 Å². The van der Waals surface area contributed by atoms with E-state index in [1.165, 1.54) is 0 Å². The van der Waals surface area contributed by atoms with E-state index in [2.05, 4.69) is 31.0 Å². The van der Waals surface area contributed by atoms with E-state index < -0.39 is 0 Å². The van der Waals surface area contributed by atoms with Crippen molar-refractivity contribution >= 4 is 11.0 Å². The normalized spacial score (nSPS) is 15.7. The number of aromatic amines is 1. The molecular weight excluding hydrogens is 192 g/mol. The minimum Gasteiger partial charge on any atom is -0.358 e. The topological polar surface area (TPSA) is 78.5 Å².